The smallest absolute Gasteiger partial charge is 0.163 e. The molecule has 4 nitrogen and oxygen atoms in total. The standard InChI is InChI=1S/C25H29FN2O2/c1-17-25(21-9-8-20(30-2)16-22(21)27-17)19-12-14-28(15-13-19)24(26)11-10-23(29)18-6-4-3-5-7-18/h3-9,16,19,24,27H,10-15H2,1-2H3. The molecule has 1 aliphatic rings. The molecule has 4 rings (SSSR count). The number of aryl methyl sites for hydroxylation is 1. The van der Waals surface area contributed by atoms with E-state index in [1.165, 1.54) is 16.6 Å². The second kappa shape index (κ2) is 9.00. The van der Waals surface area contributed by atoms with Crippen LogP contribution >= 0.6 is 0 Å². The molecule has 1 unspecified atom stereocenters. The number of ketones is 1. The van der Waals surface area contributed by atoms with Crippen molar-refractivity contribution in [2.24, 2.45) is 0 Å². The zero-order valence-electron chi connectivity index (χ0n) is 17.7. The molecule has 1 aromatic heterocycles. The summed E-state index contributed by atoms with van der Waals surface area (Å²) in [6.45, 7) is 3.54. The summed E-state index contributed by atoms with van der Waals surface area (Å²) in [5, 5.41) is 1.23. The molecule has 1 saturated heterocycles. The molecule has 0 saturated carbocycles. The van der Waals surface area contributed by atoms with Gasteiger partial charge < -0.3 is 9.72 Å². The van der Waals surface area contributed by atoms with Crippen LogP contribution in [0.3, 0.4) is 0 Å². The van der Waals surface area contributed by atoms with Crippen LogP contribution in [0.2, 0.25) is 0 Å². The molecule has 2 heterocycles. The van der Waals surface area contributed by atoms with Gasteiger partial charge in [0, 0.05) is 47.7 Å². The molecule has 0 spiro atoms. The zero-order valence-corrected chi connectivity index (χ0v) is 17.7. The largest absolute Gasteiger partial charge is 0.497 e. The molecule has 1 N–H and O–H groups in total. The molecule has 1 fully saturated rings. The van der Waals surface area contributed by atoms with Crippen molar-refractivity contribution >= 4 is 16.7 Å². The highest BCUT2D eigenvalue weighted by Crippen LogP contribution is 2.37. The van der Waals surface area contributed by atoms with E-state index < -0.39 is 6.30 Å². The van der Waals surface area contributed by atoms with E-state index in [0.717, 1.165) is 24.1 Å². The van der Waals surface area contributed by atoms with E-state index in [1.54, 1.807) is 19.2 Å². The number of hydrogen-bond donors (Lipinski definition) is 1. The normalized spacial score (nSPS) is 16.6. The van der Waals surface area contributed by atoms with Crippen LogP contribution in [0.5, 0.6) is 5.75 Å². The number of aromatic amines is 1. The minimum absolute atomic E-state index is 0.0120. The average molecular weight is 409 g/mol. The van der Waals surface area contributed by atoms with Crippen LogP contribution in [0.25, 0.3) is 10.9 Å². The lowest BCUT2D eigenvalue weighted by atomic mass is 9.87. The van der Waals surface area contributed by atoms with Crippen molar-refractivity contribution in [3.05, 3.63) is 65.4 Å². The Morgan fingerprint density at radius 3 is 2.63 bits per heavy atom. The number of halogens is 1. The third-order valence-corrected chi connectivity index (χ3v) is 6.28. The van der Waals surface area contributed by atoms with Crippen LogP contribution in [-0.4, -0.2) is 42.2 Å². The maximum absolute atomic E-state index is 14.8. The number of ether oxygens (including phenoxy) is 1. The van der Waals surface area contributed by atoms with Gasteiger partial charge >= 0.3 is 0 Å². The first kappa shape index (κ1) is 20.6. The first-order valence-corrected chi connectivity index (χ1v) is 10.7. The van der Waals surface area contributed by atoms with Crippen LogP contribution in [0.1, 0.15) is 53.2 Å². The number of alkyl halides is 1. The van der Waals surface area contributed by atoms with Gasteiger partial charge in [-0.1, -0.05) is 30.3 Å². The van der Waals surface area contributed by atoms with Gasteiger partial charge in [-0.3, -0.25) is 9.69 Å². The number of nitrogens with one attached hydrogen (secondary N) is 1. The predicted molar refractivity (Wildman–Crippen MR) is 118 cm³/mol. The fourth-order valence-electron chi connectivity index (χ4n) is 4.66. The summed E-state index contributed by atoms with van der Waals surface area (Å²) in [6, 6.07) is 15.3. The van der Waals surface area contributed by atoms with Crippen molar-refractivity contribution in [3.8, 4) is 5.75 Å². The second-order valence-corrected chi connectivity index (χ2v) is 8.15. The second-order valence-electron chi connectivity index (χ2n) is 8.15. The highest BCUT2D eigenvalue weighted by Gasteiger charge is 2.28. The molecule has 2 aromatic carbocycles. The van der Waals surface area contributed by atoms with Gasteiger partial charge in [0.25, 0.3) is 0 Å². The molecular weight excluding hydrogens is 379 g/mol. The minimum atomic E-state index is -1.06. The predicted octanol–water partition coefficient (Wildman–Crippen LogP) is 5.62. The Labute approximate surface area is 177 Å². The van der Waals surface area contributed by atoms with E-state index in [4.69, 9.17) is 4.74 Å². The Bertz CT molecular complexity index is 1010. The number of nitrogens with zero attached hydrogens (tertiary/aromatic N) is 1. The highest BCUT2D eigenvalue weighted by molar-refractivity contribution is 5.96. The molecule has 5 heteroatoms. The molecule has 0 bridgehead atoms. The summed E-state index contributed by atoms with van der Waals surface area (Å²) < 4.78 is 20.1. The number of aromatic nitrogens is 1. The molecule has 30 heavy (non-hydrogen) atoms. The lowest BCUT2D eigenvalue weighted by Crippen LogP contribution is -2.39. The number of likely N-dealkylation sites (tertiary alicyclic amines) is 1. The highest BCUT2D eigenvalue weighted by atomic mass is 19.1. The summed E-state index contributed by atoms with van der Waals surface area (Å²) in [6.07, 6.45) is 1.28. The van der Waals surface area contributed by atoms with E-state index >= 15 is 0 Å². The number of H-pyrrole nitrogens is 1. The number of piperidine rings is 1. The Morgan fingerprint density at radius 2 is 1.93 bits per heavy atom. The number of carbonyl (C=O) groups excluding carboxylic acids is 1. The number of methoxy groups -OCH3 is 1. The van der Waals surface area contributed by atoms with Crippen molar-refractivity contribution in [3.63, 3.8) is 0 Å². The fraction of sp³-hybridized carbons (Fsp3) is 0.400. The first-order valence-electron chi connectivity index (χ1n) is 10.7. The third-order valence-electron chi connectivity index (χ3n) is 6.28. The van der Waals surface area contributed by atoms with E-state index in [0.29, 0.717) is 24.6 Å². The number of benzene rings is 2. The van der Waals surface area contributed by atoms with Crippen molar-refractivity contribution in [1.82, 2.24) is 9.88 Å². The molecule has 0 radical (unpaired) electrons. The summed E-state index contributed by atoms with van der Waals surface area (Å²) in [4.78, 5) is 17.6. The van der Waals surface area contributed by atoms with Gasteiger partial charge in [0.05, 0.1) is 7.11 Å². The van der Waals surface area contributed by atoms with Gasteiger partial charge in [0.15, 0.2) is 12.1 Å². The Kier molecular flexibility index (Phi) is 6.18. The summed E-state index contributed by atoms with van der Waals surface area (Å²) in [5.74, 6) is 1.27. The van der Waals surface area contributed by atoms with Gasteiger partial charge in [-0.25, -0.2) is 4.39 Å². The van der Waals surface area contributed by atoms with Gasteiger partial charge in [-0.15, -0.1) is 0 Å². The van der Waals surface area contributed by atoms with E-state index in [1.807, 2.05) is 35.2 Å². The van der Waals surface area contributed by atoms with E-state index in [9.17, 15) is 9.18 Å². The van der Waals surface area contributed by atoms with Gasteiger partial charge in [-0.2, -0.15) is 0 Å². The monoisotopic (exact) mass is 408 g/mol. The lowest BCUT2D eigenvalue weighted by Gasteiger charge is -2.34. The van der Waals surface area contributed by atoms with E-state index in [2.05, 4.69) is 18.0 Å². The number of rotatable bonds is 7. The minimum Gasteiger partial charge on any atom is -0.497 e. The van der Waals surface area contributed by atoms with Crippen molar-refractivity contribution in [2.45, 2.75) is 44.8 Å². The molecule has 0 aliphatic carbocycles. The summed E-state index contributed by atoms with van der Waals surface area (Å²) in [5.41, 5.74) is 4.28. The molecule has 1 aliphatic heterocycles. The Hall–Kier alpha value is -2.66. The molecule has 158 valence electrons. The number of Topliss-reactive ketones (excluding diaryl/α,β-unsaturated/α-hetero) is 1. The van der Waals surface area contributed by atoms with Crippen LogP contribution in [-0.2, 0) is 0 Å². The number of hydrogen-bond acceptors (Lipinski definition) is 3. The van der Waals surface area contributed by atoms with Crippen LogP contribution < -0.4 is 4.74 Å². The Balaban J connectivity index is 1.35. The zero-order chi connectivity index (χ0) is 21.1. The van der Waals surface area contributed by atoms with Crippen molar-refractivity contribution < 1.29 is 13.9 Å². The Morgan fingerprint density at radius 1 is 1.20 bits per heavy atom. The van der Waals surface area contributed by atoms with Gasteiger partial charge in [0.1, 0.15) is 5.75 Å². The number of carbonyl (C=O) groups is 1. The molecule has 1 atom stereocenters. The van der Waals surface area contributed by atoms with Crippen LogP contribution in [0, 0.1) is 6.92 Å². The SMILES string of the molecule is COc1ccc2c(C3CCN(C(F)CCC(=O)c4ccccc4)CC3)c(C)[nH]c2c1. The lowest BCUT2D eigenvalue weighted by molar-refractivity contribution is 0.0490. The quantitative estimate of drug-likeness (QED) is 0.407. The molecule has 0 amide bonds. The fourth-order valence-corrected chi connectivity index (χ4v) is 4.66. The van der Waals surface area contributed by atoms with Gasteiger partial charge in [0.2, 0.25) is 0 Å². The maximum Gasteiger partial charge on any atom is 0.163 e. The summed E-state index contributed by atoms with van der Waals surface area (Å²) >= 11 is 0. The van der Waals surface area contributed by atoms with E-state index in [-0.39, 0.29) is 18.6 Å². The summed E-state index contributed by atoms with van der Waals surface area (Å²) in [7, 11) is 1.67. The molecule has 3 aromatic rings. The number of fused-ring (bicyclic) bond motifs is 1. The van der Waals surface area contributed by atoms with Crippen LogP contribution in [0.4, 0.5) is 4.39 Å². The van der Waals surface area contributed by atoms with Crippen molar-refractivity contribution in [2.75, 3.05) is 20.2 Å². The maximum atomic E-state index is 14.8. The topological polar surface area (TPSA) is 45.3 Å². The van der Waals surface area contributed by atoms with Gasteiger partial charge in [-0.05, 0) is 49.8 Å². The van der Waals surface area contributed by atoms with Crippen LogP contribution in [0.15, 0.2) is 48.5 Å². The van der Waals surface area contributed by atoms with Crippen molar-refractivity contribution in [1.29, 1.82) is 0 Å². The third kappa shape index (κ3) is 4.26. The molecular formula is C25H29FN2O2. The average Bonchev–Trinajstić information content (AvgIpc) is 3.12. The first-order chi connectivity index (χ1) is 14.6.